The van der Waals surface area contributed by atoms with Crippen molar-refractivity contribution in [2.45, 2.75) is 26.2 Å². The molecule has 1 aromatic carbocycles. The second-order valence-corrected chi connectivity index (χ2v) is 5.45. The van der Waals surface area contributed by atoms with Crippen LogP contribution in [0.2, 0.25) is 0 Å². The largest absolute Gasteiger partial charge is 0.507 e. The number of phenols is 1. The van der Waals surface area contributed by atoms with Crippen molar-refractivity contribution in [1.29, 1.82) is 0 Å². The topological polar surface area (TPSA) is 69.6 Å². The zero-order valence-electron chi connectivity index (χ0n) is 11.0. The summed E-state index contributed by atoms with van der Waals surface area (Å²) in [6, 6.07) is 4.79. The lowest BCUT2D eigenvalue weighted by molar-refractivity contribution is 0.0940. The van der Waals surface area contributed by atoms with Crippen LogP contribution >= 0.6 is 15.9 Å². The van der Waals surface area contributed by atoms with Gasteiger partial charge in [-0.1, -0.05) is 29.3 Å². The van der Waals surface area contributed by atoms with Crippen LogP contribution in [0, 0.1) is 5.92 Å². The van der Waals surface area contributed by atoms with E-state index in [4.69, 9.17) is 5.11 Å². The van der Waals surface area contributed by atoms with E-state index in [0.717, 1.165) is 17.3 Å². The molecule has 0 aliphatic heterocycles. The summed E-state index contributed by atoms with van der Waals surface area (Å²) in [6.45, 7) is 2.72. The van der Waals surface area contributed by atoms with Crippen LogP contribution in [-0.4, -0.2) is 29.3 Å². The van der Waals surface area contributed by atoms with Crippen LogP contribution in [0.1, 0.15) is 36.5 Å². The maximum Gasteiger partial charge on any atom is 0.255 e. The van der Waals surface area contributed by atoms with Crippen LogP contribution in [0.15, 0.2) is 22.7 Å². The van der Waals surface area contributed by atoms with Gasteiger partial charge in [-0.3, -0.25) is 4.79 Å². The highest BCUT2D eigenvalue weighted by atomic mass is 79.9. The lowest BCUT2D eigenvalue weighted by Gasteiger charge is -2.16. The SMILES string of the molecule is CCCC(CCO)CNC(=O)c1ccc(Br)cc1O. The standard InChI is InChI=1S/C14H20BrNO3/c1-2-3-10(6-7-17)9-16-14(19)12-5-4-11(15)8-13(12)18/h4-5,8,10,17-18H,2-3,6-7,9H2,1H3,(H,16,19). The van der Waals surface area contributed by atoms with E-state index < -0.39 is 0 Å². The van der Waals surface area contributed by atoms with E-state index >= 15 is 0 Å². The van der Waals surface area contributed by atoms with E-state index in [1.165, 1.54) is 6.07 Å². The van der Waals surface area contributed by atoms with Gasteiger partial charge in [0, 0.05) is 17.6 Å². The van der Waals surface area contributed by atoms with Gasteiger partial charge in [0.2, 0.25) is 0 Å². The summed E-state index contributed by atoms with van der Waals surface area (Å²) in [6.07, 6.45) is 2.66. The van der Waals surface area contributed by atoms with E-state index in [2.05, 4.69) is 28.2 Å². The number of benzene rings is 1. The number of aromatic hydroxyl groups is 1. The van der Waals surface area contributed by atoms with Crippen LogP contribution < -0.4 is 5.32 Å². The van der Waals surface area contributed by atoms with Gasteiger partial charge in [0.1, 0.15) is 5.75 Å². The summed E-state index contributed by atoms with van der Waals surface area (Å²) in [4.78, 5) is 11.9. The Kier molecular flexibility index (Phi) is 6.87. The number of aliphatic hydroxyl groups is 1. The summed E-state index contributed by atoms with van der Waals surface area (Å²) in [7, 11) is 0. The third-order valence-corrected chi connectivity index (χ3v) is 3.48. The predicted octanol–water partition coefficient (Wildman–Crippen LogP) is 2.68. The van der Waals surface area contributed by atoms with Crippen LogP contribution in [0.4, 0.5) is 0 Å². The highest BCUT2D eigenvalue weighted by molar-refractivity contribution is 9.10. The Morgan fingerprint density at radius 3 is 2.74 bits per heavy atom. The van der Waals surface area contributed by atoms with Crippen LogP contribution in [-0.2, 0) is 0 Å². The second kappa shape index (κ2) is 8.17. The Morgan fingerprint density at radius 1 is 1.42 bits per heavy atom. The van der Waals surface area contributed by atoms with E-state index in [1.54, 1.807) is 12.1 Å². The summed E-state index contributed by atoms with van der Waals surface area (Å²) in [5.41, 5.74) is 0.266. The van der Waals surface area contributed by atoms with Gasteiger partial charge >= 0.3 is 0 Å². The number of hydrogen-bond donors (Lipinski definition) is 3. The Hall–Kier alpha value is -1.07. The van der Waals surface area contributed by atoms with Crippen molar-refractivity contribution in [3.05, 3.63) is 28.2 Å². The molecule has 0 heterocycles. The molecule has 0 fully saturated rings. The molecule has 1 amide bonds. The maximum atomic E-state index is 11.9. The Labute approximate surface area is 122 Å². The fourth-order valence-electron chi connectivity index (χ4n) is 1.97. The first-order chi connectivity index (χ1) is 9.08. The normalized spacial score (nSPS) is 12.2. The van der Waals surface area contributed by atoms with Crippen molar-refractivity contribution in [2.75, 3.05) is 13.2 Å². The number of nitrogens with one attached hydrogen (secondary N) is 1. The van der Waals surface area contributed by atoms with Crippen molar-refractivity contribution in [1.82, 2.24) is 5.32 Å². The molecule has 5 heteroatoms. The molecule has 0 saturated carbocycles. The molecule has 0 radical (unpaired) electrons. The van der Waals surface area contributed by atoms with Gasteiger partial charge in [-0.05, 0) is 37.0 Å². The fraction of sp³-hybridized carbons (Fsp3) is 0.500. The van der Waals surface area contributed by atoms with Crippen LogP contribution in [0.25, 0.3) is 0 Å². The number of carbonyl (C=O) groups excluding carboxylic acids is 1. The van der Waals surface area contributed by atoms with Crippen LogP contribution in [0.3, 0.4) is 0 Å². The molecule has 0 aliphatic rings. The third-order valence-electron chi connectivity index (χ3n) is 2.99. The third kappa shape index (κ3) is 5.20. The molecular formula is C14H20BrNO3. The number of phenolic OH excluding ortho intramolecular Hbond substituents is 1. The molecule has 106 valence electrons. The molecule has 1 rings (SSSR count). The first-order valence-corrected chi connectivity index (χ1v) is 7.25. The Bertz CT molecular complexity index is 417. The number of rotatable bonds is 7. The van der Waals surface area contributed by atoms with Gasteiger partial charge in [0.05, 0.1) is 5.56 Å². The van der Waals surface area contributed by atoms with Crippen LogP contribution in [0.5, 0.6) is 5.75 Å². The number of aliphatic hydroxyl groups excluding tert-OH is 1. The van der Waals surface area contributed by atoms with Gasteiger partial charge in [-0.15, -0.1) is 0 Å². The van der Waals surface area contributed by atoms with Gasteiger partial charge in [0.25, 0.3) is 5.91 Å². The minimum absolute atomic E-state index is 0.0407. The summed E-state index contributed by atoms with van der Waals surface area (Å²) >= 11 is 3.23. The van der Waals surface area contributed by atoms with Crippen molar-refractivity contribution in [3.63, 3.8) is 0 Å². The van der Waals surface area contributed by atoms with Gasteiger partial charge < -0.3 is 15.5 Å². The Morgan fingerprint density at radius 2 is 2.16 bits per heavy atom. The molecule has 3 N–H and O–H groups in total. The summed E-state index contributed by atoms with van der Waals surface area (Å²) in [5.74, 6) is -0.0540. The van der Waals surface area contributed by atoms with Crippen molar-refractivity contribution in [2.24, 2.45) is 5.92 Å². The van der Waals surface area contributed by atoms with Crippen molar-refractivity contribution in [3.8, 4) is 5.75 Å². The molecule has 1 aromatic rings. The average molecular weight is 330 g/mol. The minimum Gasteiger partial charge on any atom is -0.507 e. The molecule has 0 aromatic heterocycles. The summed E-state index contributed by atoms with van der Waals surface area (Å²) in [5, 5.41) is 21.5. The van der Waals surface area contributed by atoms with Gasteiger partial charge in [0.15, 0.2) is 0 Å². The number of amides is 1. The molecule has 1 unspecified atom stereocenters. The zero-order valence-corrected chi connectivity index (χ0v) is 12.6. The number of hydrogen-bond acceptors (Lipinski definition) is 3. The quantitative estimate of drug-likeness (QED) is 0.720. The summed E-state index contributed by atoms with van der Waals surface area (Å²) < 4.78 is 0.727. The molecule has 0 aliphatic carbocycles. The predicted molar refractivity (Wildman–Crippen MR) is 78.2 cm³/mol. The molecule has 0 spiro atoms. The van der Waals surface area contributed by atoms with E-state index in [0.29, 0.717) is 13.0 Å². The fourth-order valence-corrected chi connectivity index (χ4v) is 2.32. The average Bonchev–Trinajstić information content (AvgIpc) is 2.36. The highest BCUT2D eigenvalue weighted by Crippen LogP contribution is 2.22. The van der Waals surface area contributed by atoms with E-state index in [9.17, 15) is 9.90 Å². The smallest absolute Gasteiger partial charge is 0.255 e. The molecule has 1 atom stereocenters. The molecule has 0 saturated heterocycles. The number of halogens is 1. The first-order valence-electron chi connectivity index (χ1n) is 6.46. The van der Waals surface area contributed by atoms with Crippen molar-refractivity contribution >= 4 is 21.8 Å². The monoisotopic (exact) mass is 329 g/mol. The van der Waals surface area contributed by atoms with Gasteiger partial charge in [-0.25, -0.2) is 0 Å². The van der Waals surface area contributed by atoms with E-state index in [-0.39, 0.29) is 29.7 Å². The molecular weight excluding hydrogens is 310 g/mol. The molecule has 4 nitrogen and oxygen atoms in total. The van der Waals surface area contributed by atoms with Crippen molar-refractivity contribution < 1.29 is 15.0 Å². The minimum atomic E-state index is -0.288. The van der Waals surface area contributed by atoms with E-state index in [1.807, 2.05) is 0 Å². The second-order valence-electron chi connectivity index (χ2n) is 4.54. The lowest BCUT2D eigenvalue weighted by Crippen LogP contribution is -2.29. The molecule has 19 heavy (non-hydrogen) atoms. The Balaban J connectivity index is 2.58. The lowest BCUT2D eigenvalue weighted by atomic mass is 10.00. The van der Waals surface area contributed by atoms with Gasteiger partial charge in [-0.2, -0.15) is 0 Å². The first kappa shape index (κ1) is 16.0. The maximum absolute atomic E-state index is 11.9. The molecule has 0 bridgehead atoms. The zero-order chi connectivity index (χ0) is 14.3. The highest BCUT2D eigenvalue weighted by Gasteiger charge is 2.13. The number of carbonyl (C=O) groups is 1.